The SMILES string of the molecule is Cc1cccc(C(C)C)c1NCCC(=O)NC(C)c1ccccc1. The molecule has 0 aliphatic carbocycles. The smallest absolute Gasteiger partial charge is 0.222 e. The van der Waals surface area contributed by atoms with Gasteiger partial charge in [-0.25, -0.2) is 0 Å². The molecule has 2 rings (SSSR count). The van der Waals surface area contributed by atoms with Gasteiger partial charge in [0.25, 0.3) is 0 Å². The Morgan fingerprint density at radius 1 is 1.00 bits per heavy atom. The van der Waals surface area contributed by atoms with Crippen molar-refractivity contribution < 1.29 is 4.79 Å². The number of rotatable bonds is 7. The Kier molecular flexibility index (Phi) is 6.42. The van der Waals surface area contributed by atoms with Gasteiger partial charge in [0.15, 0.2) is 0 Å². The first kappa shape index (κ1) is 18.1. The van der Waals surface area contributed by atoms with Crippen LogP contribution in [0.4, 0.5) is 5.69 Å². The minimum absolute atomic E-state index is 0.0309. The number of para-hydroxylation sites is 1. The van der Waals surface area contributed by atoms with Gasteiger partial charge in [0.1, 0.15) is 0 Å². The third-order valence-electron chi connectivity index (χ3n) is 4.26. The summed E-state index contributed by atoms with van der Waals surface area (Å²) in [4.78, 5) is 12.2. The number of aryl methyl sites for hydroxylation is 1. The molecule has 2 aromatic carbocycles. The zero-order chi connectivity index (χ0) is 17.5. The summed E-state index contributed by atoms with van der Waals surface area (Å²) in [6.45, 7) is 9.13. The number of carbonyl (C=O) groups excluding carboxylic acids is 1. The molecule has 0 aromatic heterocycles. The van der Waals surface area contributed by atoms with Crippen LogP contribution in [0.2, 0.25) is 0 Å². The first-order valence-corrected chi connectivity index (χ1v) is 8.66. The Hall–Kier alpha value is -2.29. The van der Waals surface area contributed by atoms with Crippen LogP contribution in [0.3, 0.4) is 0 Å². The molecule has 0 radical (unpaired) electrons. The summed E-state index contributed by atoms with van der Waals surface area (Å²) in [5.41, 5.74) is 4.81. The fourth-order valence-electron chi connectivity index (χ4n) is 2.85. The summed E-state index contributed by atoms with van der Waals surface area (Å²) < 4.78 is 0. The minimum atomic E-state index is 0.0309. The number of amides is 1. The highest BCUT2D eigenvalue weighted by molar-refractivity contribution is 5.77. The van der Waals surface area contributed by atoms with E-state index in [1.54, 1.807) is 0 Å². The fourth-order valence-corrected chi connectivity index (χ4v) is 2.85. The second kappa shape index (κ2) is 8.53. The fraction of sp³-hybridized carbons (Fsp3) is 0.381. The molecule has 0 aliphatic rings. The van der Waals surface area contributed by atoms with Crippen LogP contribution in [0.1, 0.15) is 55.8 Å². The second-order valence-corrected chi connectivity index (χ2v) is 6.57. The van der Waals surface area contributed by atoms with Crippen molar-refractivity contribution in [3.05, 3.63) is 65.2 Å². The molecule has 0 bridgehead atoms. The lowest BCUT2D eigenvalue weighted by Crippen LogP contribution is -2.28. The van der Waals surface area contributed by atoms with Gasteiger partial charge in [-0.3, -0.25) is 4.79 Å². The quantitative estimate of drug-likeness (QED) is 0.768. The Bertz CT molecular complexity index is 665. The molecule has 0 fully saturated rings. The topological polar surface area (TPSA) is 41.1 Å². The molecule has 0 saturated heterocycles. The van der Waals surface area contributed by atoms with E-state index in [0.717, 1.165) is 11.3 Å². The lowest BCUT2D eigenvalue weighted by molar-refractivity contribution is -0.121. The van der Waals surface area contributed by atoms with Crippen molar-refractivity contribution in [1.29, 1.82) is 0 Å². The first-order valence-electron chi connectivity index (χ1n) is 8.66. The maximum Gasteiger partial charge on any atom is 0.222 e. The maximum absolute atomic E-state index is 12.2. The Morgan fingerprint density at radius 2 is 1.71 bits per heavy atom. The van der Waals surface area contributed by atoms with Crippen LogP contribution in [-0.2, 0) is 4.79 Å². The monoisotopic (exact) mass is 324 g/mol. The summed E-state index contributed by atoms with van der Waals surface area (Å²) in [6, 6.07) is 16.4. The van der Waals surface area contributed by atoms with Gasteiger partial charge in [-0.2, -0.15) is 0 Å². The number of hydrogen-bond donors (Lipinski definition) is 2. The zero-order valence-corrected chi connectivity index (χ0v) is 15.1. The number of carbonyl (C=O) groups is 1. The van der Waals surface area contributed by atoms with Gasteiger partial charge in [-0.15, -0.1) is 0 Å². The van der Waals surface area contributed by atoms with Crippen molar-refractivity contribution in [3.63, 3.8) is 0 Å². The molecular weight excluding hydrogens is 296 g/mol. The van der Waals surface area contributed by atoms with E-state index in [9.17, 15) is 4.79 Å². The van der Waals surface area contributed by atoms with Gasteiger partial charge in [0.05, 0.1) is 6.04 Å². The summed E-state index contributed by atoms with van der Waals surface area (Å²) >= 11 is 0. The molecule has 3 nitrogen and oxygen atoms in total. The van der Waals surface area contributed by atoms with E-state index in [-0.39, 0.29) is 11.9 Å². The number of nitrogens with one attached hydrogen (secondary N) is 2. The Labute approximate surface area is 145 Å². The largest absolute Gasteiger partial charge is 0.384 e. The maximum atomic E-state index is 12.2. The normalized spacial score (nSPS) is 12.0. The van der Waals surface area contributed by atoms with Crippen molar-refractivity contribution >= 4 is 11.6 Å². The lowest BCUT2D eigenvalue weighted by Gasteiger charge is -2.18. The molecule has 24 heavy (non-hydrogen) atoms. The summed E-state index contributed by atoms with van der Waals surface area (Å²) in [5, 5.41) is 6.50. The van der Waals surface area contributed by atoms with E-state index < -0.39 is 0 Å². The molecule has 3 heteroatoms. The highest BCUT2D eigenvalue weighted by Crippen LogP contribution is 2.27. The highest BCUT2D eigenvalue weighted by Gasteiger charge is 2.11. The molecule has 0 heterocycles. The van der Waals surface area contributed by atoms with Gasteiger partial charge in [-0.1, -0.05) is 62.4 Å². The Morgan fingerprint density at radius 3 is 2.38 bits per heavy atom. The molecule has 0 aliphatic heterocycles. The van der Waals surface area contributed by atoms with Gasteiger partial charge in [0, 0.05) is 18.7 Å². The average Bonchev–Trinajstić information content (AvgIpc) is 2.56. The summed E-state index contributed by atoms with van der Waals surface area (Å²) in [6.07, 6.45) is 0.461. The number of hydrogen-bond acceptors (Lipinski definition) is 2. The van der Waals surface area contributed by atoms with Gasteiger partial charge < -0.3 is 10.6 Å². The van der Waals surface area contributed by atoms with Crippen LogP contribution < -0.4 is 10.6 Å². The van der Waals surface area contributed by atoms with Crippen LogP contribution >= 0.6 is 0 Å². The zero-order valence-electron chi connectivity index (χ0n) is 15.1. The lowest BCUT2D eigenvalue weighted by atomic mass is 9.98. The minimum Gasteiger partial charge on any atom is -0.384 e. The number of benzene rings is 2. The molecule has 128 valence electrons. The van der Waals surface area contributed by atoms with E-state index in [2.05, 4.69) is 49.6 Å². The van der Waals surface area contributed by atoms with Gasteiger partial charge in [-0.05, 0) is 36.5 Å². The van der Waals surface area contributed by atoms with Crippen LogP contribution in [0.15, 0.2) is 48.5 Å². The summed E-state index contributed by atoms with van der Waals surface area (Å²) in [5.74, 6) is 0.526. The molecule has 2 N–H and O–H groups in total. The van der Waals surface area contributed by atoms with Crippen LogP contribution in [0.5, 0.6) is 0 Å². The van der Waals surface area contributed by atoms with Gasteiger partial charge in [0.2, 0.25) is 5.91 Å². The average molecular weight is 324 g/mol. The van der Waals surface area contributed by atoms with Crippen molar-refractivity contribution in [2.45, 2.75) is 46.1 Å². The molecular formula is C21H28N2O. The van der Waals surface area contributed by atoms with Crippen molar-refractivity contribution in [1.82, 2.24) is 5.32 Å². The van der Waals surface area contributed by atoms with Crippen molar-refractivity contribution in [2.75, 3.05) is 11.9 Å². The highest BCUT2D eigenvalue weighted by atomic mass is 16.1. The van der Waals surface area contributed by atoms with E-state index in [1.807, 2.05) is 37.3 Å². The van der Waals surface area contributed by atoms with E-state index in [1.165, 1.54) is 11.1 Å². The van der Waals surface area contributed by atoms with E-state index in [0.29, 0.717) is 18.9 Å². The molecule has 0 spiro atoms. The van der Waals surface area contributed by atoms with Crippen LogP contribution in [-0.4, -0.2) is 12.5 Å². The van der Waals surface area contributed by atoms with Crippen LogP contribution in [0.25, 0.3) is 0 Å². The predicted molar refractivity (Wildman–Crippen MR) is 101 cm³/mol. The van der Waals surface area contributed by atoms with E-state index in [4.69, 9.17) is 0 Å². The number of anilines is 1. The standard InChI is InChI=1S/C21H28N2O/c1-15(2)19-12-8-9-16(3)21(19)22-14-13-20(24)23-17(4)18-10-6-5-7-11-18/h5-12,15,17,22H,13-14H2,1-4H3,(H,23,24). The van der Waals surface area contributed by atoms with E-state index >= 15 is 0 Å². The van der Waals surface area contributed by atoms with Crippen molar-refractivity contribution in [3.8, 4) is 0 Å². The second-order valence-electron chi connectivity index (χ2n) is 6.57. The third kappa shape index (κ3) is 4.85. The van der Waals surface area contributed by atoms with Crippen molar-refractivity contribution in [2.24, 2.45) is 0 Å². The molecule has 1 atom stereocenters. The first-order chi connectivity index (χ1) is 11.5. The third-order valence-corrected chi connectivity index (χ3v) is 4.26. The molecule has 2 aromatic rings. The Balaban J connectivity index is 1.87. The molecule has 1 amide bonds. The molecule has 1 unspecified atom stereocenters. The summed E-state index contributed by atoms with van der Waals surface area (Å²) in [7, 11) is 0. The predicted octanol–water partition coefficient (Wildman–Crippen LogP) is 4.80. The molecule has 0 saturated carbocycles. The van der Waals surface area contributed by atoms with Crippen LogP contribution in [0, 0.1) is 6.92 Å². The van der Waals surface area contributed by atoms with Gasteiger partial charge >= 0.3 is 0 Å².